The van der Waals surface area contributed by atoms with Gasteiger partial charge in [-0.1, -0.05) is 31.2 Å². The number of hydrogen-bond acceptors (Lipinski definition) is 3. The van der Waals surface area contributed by atoms with Crippen molar-refractivity contribution in [3.63, 3.8) is 0 Å². The molecule has 0 saturated heterocycles. The van der Waals surface area contributed by atoms with Crippen LogP contribution in [0.1, 0.15) is 30.2 Å². The number of methoxy groups -OCH3 is 1. The molecule has 0 aliphatic carbocycles. The first-order valence-corrected chi connectivity index (χ1v) is 7.21. The lowest BCUT2D eigenvalue weighted by Crippen LogP contribution is -2.25. The van der Waals surface area contributed by atoms with Gasteiger partial charge in [-0.25, -0.2) is 4.68 Å². The van der Waals surface area contributed by atoms with E-state index in [4.69, 9.17) is 10.5 Å². The Kier molecular flexibility index (Phi) is 4.85. The van der Waals surface area contributed by atoms with Gasteiger partial charge in [-0.3, -0.25) is 9.48 Å². The molecule has 2 N–H and O–H groups in total. The summed E-state index contributed by atoms with van der Waals surface area (Å²) < 4.78 is 8.85. The Morgan fingerprint density at radius 1 is 1.24 bits per heavy atom. The summed E-state index contributed by atoms with van der Waals surface area (Å²) in [5.74, 6) is 0. The Morgan fingerprint density at radius 2 is 1.95 bits per heavy atom. The molecule has 0 radical (unpaired) electrons. The molecule has 0 atom stereocenters. The van der Waals surface area contributed by atoms with Gasteiger partial charge in [0, 0.05) is 13.7 Å². The van der Waals surface area contributed by atoms with Crippen LogP contribution in [0.5, 0.6) is 0 Å². The van der Waals surface area contributed by atoms with E-state index in [0.29, 0.717) is 18.8 Å². The van der Waals surface area contributed by atoms with E-state index < -0.39 is 0 Å². The number of anilines is 1. The van der Waals surface area contributed by atoms with Crippen LogP contribution in [-0.4, -0.2) is 16.5 Å². The molecule has 2 aromatic rings. The topological polar surface area (TPSA) is 62.2 Å². The number of ether oxygens (including phenoxy) is 1. The summed E-state index contributed by atoms with van der Waals surface area (Å²) >= 11 is 0. The summed E-state index contributed by atoms with van der Waals surface area (Å²) in [4.78, 5) is 12.4. The molecule has 114 valence electrons. The number of hydrogen-bond donors (Lipinski definition) is 1. The average Bonchev–Trinajstić information content (AvgIpc) is 2.68. The van der Waals surface area contributed by atoms with Crippen molar-refractivity contribution < 1.29 is 4.74 Å². The molecule has 1 heterocycles. The van der Waals surface area contributed by atoms with Crippen molar-refractivity contribution in [3.05, 3.63) is 51.4 Å². The Labute approximate surface area is 124 Å². The van der Waals surface area contributed by atoms with Crippen LogP contribution in [0.3, 0.4) is 0 Å². The largest absolute Gasteiger partial charge is 0.393 e. The standard InChI is InChI=1S/C16H23N3O2/c1-4-9-18-14(11-21-3)15(17)16(20)19(18)10-13-8-6-5-7-12(13)2/h5-8H,4,9-11,17H2,1-3H3. The van der Waals surface area contributed by atoms with E-state index >= 15 is 0 Å². The second-order valence-electron chi connectivity index (χ2n) is 5.21. The summed E-state index contributed by atoms with van der Waals surface area (Å²) in [6, 6.07) is 8.07. The van der Waals surface area contributed by atoms with Gasteiger partial charge in [0.1, 0.15) is 5.69 Å². The molecule has 0 spiro atoms. The highest BCUT2D eigenvalue weighted by atomic mass is 16.5. The zero-order valence-electron chi connectivity index (χ0n) is 12.9. The molecule has 0 unspecified atom stereocenters. The minimum absolute atomic E-state index is 0.140. The molecule has 5 nitrogen and oxygen atoms in total. The molecular formula is C16H23N3O2. The molecule has 0 fully saturated rings. The fourth-order valence-corrected chi connectivity index (χ4v) is 2.52. The van der Waals surface area contributed by atoms with Crippen molar-refractivity contribution in [3.8, 4) is 0 Å². The highest BCUT2D eigenvalue weighted by molar-refractivity contribution is 5.41. The van der Waals surface area contributed by atoms with Crippen LogP contribution in [-0.2, 0) is 24.4 Å². The number of rotatable bonds is 6. The van der Waals surface area contributed by atoms with Gasteiger partial charge in [-0.2, -0.15) is 0 Å². The minimum Gasteiger partial charge on any atom is -0.393 e. The van der Waals surface area contributed by atoms with E-state index in [1.165, 1.54) is 5.56 Å². The highest BCUT2D eigenvalue weighted by Crippen LogP contribution is 2.14. The first-order chi connectivity index (χ1) is 10.1. The maximum atomic E-state index is 12.4. The van der Waals surface area contributed by atoms with E-state index in [2.05, 4.69) is 6.92 Å². The summed E-state index contributed by atoms with van der Waals surface area (Å²) in [6.45, 7) is 5.75. The highest BCUT2D eigenvalue weighted by Gasteiger charge is 2.17. The third-order valence-corrected chi connectivity index (χ3v) is 3.68. The molecule has 5 heteroatoms. The fraction of sp³-hybridized carbons (Fsp3) is 0.438. The molecule has 2 rings (SSSR count). The van der Waals surface area contributed by atoms with Crippen LogP contribution < -0.4 is 11.3 Å². The molecule has 21 heavy (non-hydrogen) atoms. The molecule has 0 aliphatic heterocycles. The Morgan fingerprint density at radius 3 is 2.57 bits per heavy atom. The van der Waals surface area contributed by atoms with Crippen molar-refractivity contribution in [2.24, 2.45) is 0 Å². The molecule has 0 bridgehead atoms. The van der Waals surface area contributed by atoms with Gasteiger partial charge >= 0.3 is 0 Å². The van der Waals surface area contributed by atoms with E-state index in [9.17, 15) is 4.79 Å². The van der Waals surface area contributed by atoms with Gasteiger partial charge in [0.2, 0.25) is 0 Å². The lowest BCUT2D eigenvalue weighted by Gasteiger charge is -2.15. The van der Waals surface area contributed by atoms with Gasteiger partial charge in [-0.05, 0) is 24.5 Å². The number of aromatic nitrogens is 2. The number of benzene rings is 1. The Hall–Kier alpha value is -2.01. The molecular weight excluding hydrogens is 266 g/mol. The Bertz CT molecular complexity index is 671. The first kappa shape index (κ1) is 15.4. The number of nitrogens with zero attached hydrogens (tertiary/aromatic N) is 2. The predicted molar refractivity (Wildman–Crippen MR) is 84.4 cm³/mol. The second kappa shape index (κ2) is 6.63. The number of aryl methyl sites for hydroxylation is 1. The van der Waals surface area contributed by atoms with Gasteiger partial charge in [0.25, 0.3) is 5.56 Å². The van der Waals surface area contributed by atoms with E-state index in [-0.39, 0.29) is 5.56 Å². The summed E-state index contributed by atoms with van der Waals surface area (Å²) in [5.41, 5.74) is 9.18. The predicted octanol–water partition coefficient (Wildman–Crippen LogP) is 2.15. The molecule has 0 amide bonds. The van der Waals surface area contributed by atoms with Crippen LogP contribution in [0.15, 0.2) is 29.1 Å². The van der Waals surface area contributed by atoms with Crippen molar-refractivity contribution >= 4 is 5.69 Å². The smallest absolute Gasteiger partial charge is 0.290 e. The lowest BCUT2D eigenvalue weighted by molar-refractivity contribution is 0.175. The van der Waals surface area contributed by atoms with Gasteiger partial charge in [0.05, 0.1) is 18.8 Å². The van der Waals surface area contributed by atoms with Crippen LogP contribution in [0.2, 0.25) is 0 Å². The number of nitrogens with two attached hydrogens (primary N) is 1. The maximum Gasteiger partial charge on any atom is 0.290 e. The van der Waals surface area contributed by atoms with Crippen LogP contribution >= 0.6 is 0 Å². The maximum absolute atomic E-state index is 12.4. The van der Waals surface area contributed by atoms with E-state index in [1.807, 2.05) is 35.9 Å². The van der Waals surface area contributed by atoms with Crippen LogP contribution in [0.4, 0.5) is 5.69 Å². The lowest BCUT2D eigenvalue weighted by atomic mass is 10.1. The van der Waals surface area contributed by atoms with E-state index in [0.717, 1.165) is 24.2 Å². The summed E-state index contributed by atoms with van der Waals surface area (Å²) in [6.07, 6.45) is 0.929. The molecule has 0 aliphatic rings. The minimum atomic E-state index is -0.140. The van der Waals surface area contributed by atoms with Crippen molar-refractivity contribution in [1.29, 1.82) is 0 Å². The van der Waals surface area contributed by atoms with Crippen molar-refractivity contribution in [2.45, 2.75) is 40.0 Å². The molecule has 0 saturated carbocycles. The van der Waals surface area contributed by atoms with Gasteiger partial charge < -0.3 is 10.5 Å². The number of nitrogen functional groups attached to an aromatic ring is 1. The second-order valence-corrected chi connectivity index (χ2v) is 5.21. The van der Waals surface area contributed by atoms with Crippen molar-refractivity contribution in [1.82, 2.24) is 9.36 Å². The normalized spacial score (nSPS) is 11.0. The van der Waals surface area contributed by atoms with Crippen LogP contribution in [0.25, 0.3) is 0 Å². The van der Waals surface area contributed by atoms with Crippen LogP contribution in [0, 0.1) is 6.92 Å². The third kappa shape index (κ3) is 3.03. The SMILES string of the molecule is CCCn1c(COC)c(N)c(=O)n1Cc1ccccc1C. The van der Waals surface area contributed by atoms with E-state index in [1.54, 1.807) is 11.8 Å². The first-order valence-electron chi connectivity index (χ1n) is 7.21. The zero-order chi connectivity index (χ0) is 15.4. The summed E-state index contributed by atoms with van der Waals surface area (Å²) in [7, 11) is 1.61. The fourth-order valence-electron chi connectivity index (χ4n) is 2.52. The molecule has 1 aromatic carbocycles. The average molecular weight is 289 g/mol. The van der Waals surface area contributed by atoms with Gasteiger partial charge in [0.15, 0.2) is 0 Å². The third-order valence-electron chi connectivity index (χ3n) is 3.68. The van der Waals surface area contributed by atoms with Gasteiger partial charge in [-0.15, -0.1) is 0 Å². The summed E-state index contributed by atoms with van der Waals surface area (Å²) in [5, 5.41) is 0. The zero-order valence-corrected chi connectivity index (χ0v) is 12.9. The van der Waals surface area contributed by atoms with Crippen molar-refractivity contribution in [2.75, 3.05) is 12.8 Å². The monoisotopic (exact) mass is 289 g/mol. The Balaban J connectivity index is 2.50. The molecule has 1 aromatic heterocycles. The quantitative estimate of drug-likeness (QED) is 0.886.